The summed E-state index contributed by atoms with van der Waals surface area (Å²) in [6.45, 7) is 2.37. The molecule has 0 atom stereocenters. The van der Waals surface area contributed by atoms with Crippen LogP contribution in [0.1, 0.15) is 16.8 Å². The number of nitriles is 1. The minimum Gasteiger partial charge on any atom is -0.489 e. The van der Waals surface area contributed by atoms with Crippen LogP contribution in [0.4, 0.5) is 0 Å². The number of aromatic nitrogens is 1. The molecule has 0 spiro atoms. The molecule has 122 valence electrons. The lowest BCUT2D eigenvalue weighted by Crippen LogP contribution is -2.49. The lowest BCUT2D eigenvalue weighted by atomic mass is 10.00. The van der Waals surface area contributed by atoms with Crippen molar-refractivity contribution in [2.24, 2.45) is 5.92 Å². The van der Waals surface area contributed by atoms with Gasteiger partial charge in [0, 0.05) is 31.4 Å². The van der Waals surface area contributed by atoms with E-state index in [0.717, 1.165) is 23.4 Å². The third-order valence-electron chi connectivity index (χ3n) is 3.98. The van der Waals surface area contributed by atoms with E-state index in [0.29, 0.717) is 25.4 Å². The fourth-order valence-corrected chi connectivity index (χ4v) is 2.55. The summed E-state index contributed by atoms with van der Waals surface area (Å²) in [5.41, 5.74) is 2.42. The molecule has 1 aliphatic heterocycles. The molecule has 0 saturated carbocycles. The topological polar surface area (TPSA) is 86.5 Å². The number of carboxylic acid groups (broad SMARTS) is 1. The molecule has 0 aliphatic carbocycles. The van der Waals surface area contributed by atoms with Gasteiger partial charge in [0.2, 0.25) is 0 Å². The third-order valence-corrected chi connectivity index (χ3v) is 3.98. The molecule has 0 unspecified atom stereocenters. The summed E-state index contributed by atoms with van der Waals surface area (Å²) in [4.78, 5) is 16.9. The molecule has 2 aromatic rings. The van der Waals surface area contributed by atoms with Crippen LogP contribution in [0, 0.1) is 17.2 Å². The largest absolute Gasteiger partial charge is 0.489 e. The fraction of sp³-hybridized carbons (Fsp3) is 0.278. The van der Waals surface area contributed by atoms with Gasteiger partial charge in [-0.1, -0.05) is 18.2 Å². The predicted molar refractivity (Wildman–Crippen MR) is 86.1 cm³/mol. The molecule has 1 aromatic carbocycles. The van der Waals surface area contributed by atoms with Crippen LogP contribution in [0.5, 0.6) is 5.75 Å². The molecular weight excluding hydrogens is 306 g/mol. The standard InChI is InChI=1S/C18H17N3O3/c19-7-16-4-1-14(8-20-16)12-24-17-5-2-13(3-6-17)9-21-10-15(11-21)18(22)23/h1-6,8,15H,9-12H2,(H,22,23). The maximum absolute atomic E-state index is 10.8. The quantitative estimate of drug-likeness (QED) is 0.875. The smallest absolute Gasteiger partial charge is 0.309 e. The Bertz CT molecular complexity index is 745. The second kappa shape index (κ2) is 7.11. The molecule has 0 radical (unpaired) electrons. The normalized spacial score (nSPS) is 14.6. The molecule has 0 amide bonds. The van der Waals surface area contributed by atoms with E-state index in [-0.39, 0.29) is 5.92 Å². The predicted octanol–water partition coefficient (Wildman–Crippen LogP) is 2.05. The van der Waals surface area contributed by atoms with Crippen molar-refractivity contribution in [2.45, 2.75) is 13.2 Å². The second-order valence-corrected chi connectivity index (χ2v) is 5.83. The number of pyridine rings is 1. The van der Waals surface area contributed by atoms with Crippen LogP contribution in [-0.4, -0.2) is 34.0 Å². The van der Waals surface area contributed by atoms with Gasteiger partial charge in [-0.25, -0.2) is 4.98 Å². The van der Waals surface area contributed by atoms with E-state index in [1.165, 1.54) is 0 Å². The number of carbonyl (C=O) groups is 1. The maximum Gasteiger partial charge on any atom is 0.309 e. The van der Waals surface area contributed by atoms with Crippen LogP contribution in [0.25, 0.3) is 0 Å². The van der Waals surface area contributed by atoms with Gasteiger partial charge < -0.3 is 9.84 Å². The highest BCUT2D eigenvalue weighted by Gasteiger charge is 2.31. The van der Waals surface area contributed by atoms with Gasteiger partial charge in [0.1, 0.15) is 24.1 Å². The molecular formula is C18H17N3O3. The maximum atomic E-state index is 10.8. The molecule has 6 heteroatoms. The molecule has 2 heterocycles. The number of hydrogen-bond acceptors (Lipinski definition) is 5. The summed E-state index contributed by atoms with van der Waals surface area (Å²) in [5, 5.41) is 17.6. The molecule has 1 aliphatic rings. The number of rotatable bonds is 6. The number of nitrogens with zero attached hydrogens (tertiary/aromatic N) is 3. The molecule has 0 bridgehead atoms. The van der Waals surface area contributed by atoms with Crippen molar-refractivity contribution in [2.75, 3.05) is 13.1 Å². The molecule has 6 nitrogen and oxygen atoms in total. The molecule has 24 heavy (non-hydrogen) atoms. The second-order valence-electron chi connectivity index (χ2n) is 5.83. The van der Waals surface area contributed by atoms with Crippen molar-refractivity contribution >= 4 is 5.97 Å². The average Bonchev–Trinajstić information content (AvgIpc) is 2.57. The Kier molecular flexibility index (Phi) is 4.73. The zero-order valence-electron chi connectivity index (χ0n) is 13.1. The first-order valence-corrected chi connectivity index (χ1v) is 7.66. The fourth-order valence-electron chi connectivity index (χ4n) is 2.55. The zero-order chi connectivity index (χ0) is 16.9. The Morgan fingerprint density at radius 3 is 2.54 bits per heavy atom. The Labute approximate surface area is 139 Å². The summed E-state index contributed by atoms with van der Waals surface area (Å²) < 4.78 is 5.70. The number of benzene rings is 1. The Hall–Kier alpha value is -2.91. The summed E-state index contributed by atoms with van der Waals surface area (Å²) in [6, 6.07) is 13.2. The van der Waals surface area contributed by atoms with Crippen molar-refractivity contribution in [1.82, 2.24) is 9.88 Å². The molecule has 1 aromatic heterocycles. The van der Waals surface area contributed by atoms with Crippen LogP contribution in [0.15, 0.2) is 42.6 Å². The zero-order valence-corrected chi connectivity index (χ0v) is 13.1. The van der Waals surface area contributed by atoms with E-state index in [2.05, 4.69) is 9.88 Å². The summed E-state index contributed by atoms with van der Waals surface area (Å²) in [7, 11) is 0. The molecule has 3 rings (SSSR count). The SMILES string of the molecule is N#Cc1ccc(COc2ccc(CN3CC(C(=O)O)C3)cc2)cn1. The minimum absolute atomic E-state index is 0.228. The van der Waals surface area contributed by atoms with Crippen LogP contribution < -0.4 is 4.74 Å². The number of carboxylic acids is 1. The van der Waals surface area contributed by atoms with Gasteiger partial charge in [-0.2, -0.15) is 5.26 Å². The van der Waals surface area contributed by atoms with Gasteiger partial charge in [0.25, 0.3) is 0 Å². The van der Waals surface area contributed by atoms with Gasteiger partial charge in [0.05, 0.1) is 5.92 Å². The molecule has 1 N–H and O–H groups in total. The lowest BCUT2D eigenvalue weighted by Gasteiger charge is -2.36. The first kappa shape index (κ1) is 16.0. The summed E-state index contributed by atoms with van der Waals surface area (Å²) in [5.74, 6) is -0.184. The van der Waals surface area contributed by atoms with Gasteiger partial charge >= 0.3 is 5.97 Å². The van der Waals surface area contributed by atoms with E-state index in [1.54, 1.807) is 12.3 Å². The van der Waals surface area contributed by atoms with Crippen LogP contribution in [0.2, 0.25) is 0 Å². The highest BCUT2D eigenvalue weighted by Crippen LogP contribution is 2.20. The van der Waals surface area contributed by atoms with Crippen molar-refractivity contribution in [1.29, 1.82) is 5.26 Å². The van der Waals surface area contributed by atoms with Gasteiger partial charge in [-0.05, 0) is 23.8 Å². The van der Waals surface area contributed by atoms with E-state index < -0.39 is 5.97 Å². The summed E-state index contributed by atoms with van der Waals surface area (Å²) in [6.07, 6.45) is 1.63. The minimum atomic E-state index is -0.715. The van der Waals surface area contributed by atoms with Crippen LogP contribution >= 0.6 is 0 Å². The van der Waals surface area contributed by atoms with Crippen molar-refractivity contribution in [3.05, 3.63) is 59.4 Å². The average molecular weight is 323 g/mol. The van der Waals surface area contributed by atoms with E-state index >= 15 is 0 Å². The Morgan fingerprint density at radius 2 is 1.96 bits per heavy atom. The van der Waals surface area contributed by atoms with E-state index in [9.17, 15) is 4.79 Å². The Balaban J connectivity index is 1.48. The molecule has 1 saturated heterocycles. The number of aliphatic carboxylic acids is 1. The summed E-state index contributed by atoms with van der Waals surface area (Å²) >= 11 is 0. The first-order chi connectivity index (χ1) is 11.6. The van der Waals surface area contributed by atoms with Crippen LogP contribution in [0.3, 0.4) is 0 Å². The van der Waals surface area contributed by atoms with Gasteiger partial charge in [-0.15, -0.1) is 0 Å². The van der Waals surface area contributed by atoms with E-state index in [4.69, 9.17) is 15.1 Å². The first-order valence-electron chi connectivity index (χ1n) is 7.66. The monoisotopic (exact) mass is 323 g/mol. The van der Waals surface area contributed by atoms with Crippen molar-refractivity contribution in [3.8, 4) is 11.8 Å². The van der Waals surface area contributed by atoms with Crippen molar-refractivity contribution in [3.63, 3.8) is 0 Å². The number of ether oxygens (including phenoxy) is 1. The highest BCUT2D eigenvalue weighted by atomic mass is 16.5. The Morgan fingerprint density at radius 1 is 1.25 bits per heavy atom. The van der Waals surface area contributed by atoms with Gasteiger partial charge in [-0.3, -0.25) is 9.69 Å². The van der Waals surface area contributed by atoms with Crippen LogP contribution in [-0.2, 0) is 17.9 Å². The highest BCUT2D eigenvalue weighted by molar-refractivity contribution is 5.71. The number of likely N-dealkylation sites (tertiary alicyclic amines) is 1. The van der Waals surface area contributed by atoms with Crippen molar-refractivity contribution < 1.29 is 14.6 Å². The van der Waals surface area contributed by atoms with Gasteiger partial charge in [0.15, 0.2) is 0 Å². The molecule has 1 fully saturated rings. The number of hydrogen-bond donors (Lipinski definition) is 1. The third kappa shape index (κ3) is 3.89. The van der Waals surface area contributed by atoms with E-state index in [1.807, 2.05) is 36.4 Å². The lowest BCUT2D eigenvalue weighted by molar-refractivity contribution is -0.147.